The van der Waals surface area contributed by atoms with Gasteiger partial charge in [-0.2, -0.15) is 0 Å². The maximum Gasteiger partial charge on any atom is 0.329 e. The summed E-state index contributed by atoms with van der Waals surface area (Å²) in [5, 5.41) is 8.98. The summed E-state index contributed by atoms with van der Waals surface area (Å²) in [6.45, 7) is 4.88. The van der Waals surface area contributed by atoms with Crippen molar-refractivity contribution < 1.29 is 23.9 Å². The Hall–Kier alpha value is -3.42. The van der Waals surface area contributed by atoms with Crippen LogP contribution >= 0.6 is 0 Å². The van der Waals surface area contributed by atoms with Crippen molar-refractivity contribution in [3.8, 4) is 0 Å². The van der Waals surface area contributed by atoms with Crippen molar-refractivity contribution in [2.45, 2.75) is 39.3 Å². The maximum atomic E-state index is 12.6. The molecule has 0 aliphatic rings. The number of nitrogens with one attached hydrogen (secondary N) is 3. The van der Waals surface area contributed by atoms with Crippen LogP contribution in [0.1, 0.15) is 26.3 Å². The van der Waals surface area contributed by atoms with Crippen molar-refractivity contribution in [3.63, 3.8) is 0 Å². The molecule has 4 amide bonds. The highest BCUT2D eigenvalue weighted by molar-refractivity contribution is 5.97. The minimum absolute atomic E-state index is 0.102. The molecule has 30 heavy (non-hydrogen) atoms. The molecule has 0 heterocycles. The number of benzene rings is 2. The Morgan fingerprint density at radius 3 is 2.30 bits per heavy atom. The van der Waals surface area contributed by atoms with Crippen LogP contribution in [0.4, 0.5) is 4.79 Å². The average molecular weight is 413 g/mol. The second-order valence-corrected chi connectivity index (χ2v) is 7.25. The van der Waals surface area contributed by atoms with E-state index in [1.807, 2.05) is 47.8 Å². The Bertz CT molecular complexity index is 936. The molecule has 0 fully saturated rings. The van der Waals surface area contributed by atoms with Gasteiger partial charge in [0.1, 0.15) is 6.04 Å². The fraction of sp³-hybridized carbons (Fsp3) is 0.364. The molecule has 0 unspecified atom stereocenters. The van der Waals surface area contributed by atoms with Crippen molar-refractivity contribution in [2.75, 3.05) is 7.05 Å². The number of esters is 1. The molecular weight excluding hydrogens is 386 g/mol. The smallest absolute Gasteiger partial charge is 0.329 e. The van der Waals surface area contributed by atoms with E-state index in [0.717, 1.165) is 16.3 Å². The Balaban J connectivity index is 2.03. The maximum absolute atomic E-state index is 12.6. The van der Waals surface area contributed by atoms with E-state index in [1.165, 1.54) is 14.0 Å². The highest BCUT2D eigenvalue weighted by atomic mass is 16.5. The highest BCUT2D eigenvalue weighted by Crippen LogP contribution is 2.19. The van der Waals surface area contributed by atoms with E-state index in [-0.39, 0.29) is 18.2 Å². The van der Waals surface area contributed by atoms with Gasteiger partial charge in [-0.25, -0.2) is 9.59 Å². The van der Waals surface area contributed by atoms with E-state index in [9.17, 15) is 19.2 Å². The fourth-order valence-corrected chi connectivity index (χ4v) is 2.92. The van der Waals surface area contributed by atoms with Crippen molar-refractivity contribution in [1.82, 2.24) is 16.0 Å². The summed E-state index contributed by atoms with van der Waals surface area (Å²) in [6, 6.07) is 11.8. The molecule has 2 aromatic carbocycles. The number of hydrogen-bond donors (Lipinski definition) is 3. The number of amides is 4. The Labute approximate surface area is 175 Å². The van der Waals surface area contributed by atoms with Gasteiger partial charge in [0.25, 0.3) is 5.91 Å². The van der Waals surface area contributed by atoms with Gasteiger partial charge in [-0.05, 0) is 29.2 Å². The lowest BCUT2D eigenvalue weighted by molar-refractivity contribution is -0.158. The van der Waals surface area contributed by atoms with E-state index in [4.69, 9.17) is 4.74 Å². The van der Waals surface area contributed by atoms with E-state index in [2.05, 4.69) is 10.6 Å². The highest BCUT2D eigenvalue weighted by Gasteiger charge is 2.29. The molecule has 0 saturated heterocycles. The standard InChI is InChI=1S/C22H27N3O5/c1-13(2)19(21(28)30-14(3)20(27)25-22(29)23-4)24-18(26)12-16-10-7-9-15-8-5-6-11-17(15)16/h5-11,13-14,19H,12H2,1-4H3,(H,24,26)(H2,23,25,27,29)/t14-,19+/m1/s1. The van der Waals surface area contributed by atoms with Crippen LogP contribution < -0.4 is 16.0 Å². The van der Waals surface area contributed by atoms with Crippen molar-refractivity contribution in [2.24, 2.45) is 5.92 Å². The van der Waals surface area contributed by atoms with Crippen LogP contribution in [0.2, 0.25) is 0 Å². The largest absolute Gasteiger partial charge is 0.451 e. The van der Waals surface area contributed by atoms with Gasteiger partial charge in [-0.1, -0.05) is 56.3 Å². The summed E-state index contributed by atoms with van der Waals surface area (Å²) in [7, 11) is 1.36. The van der Waals surface area contributed by atoms with Gasteiger partial charge in [0, 0.05) is 7.05 Å². The second-order valence-electron chi connectivity index (χ2n) is 7.25. The molecule has 8 heteroatoms. The van der Waals surface area contributed by atoms with Crippen LogP contribution in [0, 0.1) is 5.92 Å². The SMILES string of the molecule is CNC(=O)NC(=O)[C@@H](C)OC(=O)[C@@H](NC(=O)Cc1cccc2ccccc12)C(C)C. The average Bonchev–Trinajstić information content (AvgIpc) is 2.71. The molecule has 3 N–H and O–H groups in total. The van der Waals surface area contributed by atoms with Crippen molar-refractivity contribution >= 4 is 34.6 Å². The predicted octanol–water partition coefficient (Wildman–Crippen LogP) is 1.91. The first-order chi connectivity index (χ1) is 14.2. The Morgan fingerprint density at radius 1 is 0.967 bits per heavy atom. The third-order valence-electron chi connectivity index (χ3n) is 4.59. The first kappa shape index (κ1) is 22.9. The van der Waals surface area contributed by atoms with Gasteiger partial charge < -0.3 is 15.4 Å². The summed E-state index contributed by atoms with van der Waals surface area (Å²) >= 11 is 0. The quantitative estimate of drug-likeness (QED) is 0.600. The minimum atomic E-state index is -1.19. The van der Waals surface area contributed by atoms with Crippen molar-refractivity contribution in [1.29, 1.82) is 0 Å². The summed E-state index contributed by atoms with van der Waals surface area (Å²) in [5.41, 5.74) is 0.847. The van der Waals surface area contributed by atoms with E-state index >= 15 is 0 Å². The molecule has 0 aromatic heterocycles. The summed E-state index contributed by atoms with van der Waals surface area (Å²) < 4.78 is 5.16. The lowest BCUT2D eigenvalue weighted by atomic mass is 10.0. The molecule has 0 aliphatic carbocycles. The van der Waals surface area contributed by atoms with E-state index in [0.29, 0.717) is 0 Å². The van der Waals surface area contributed by atoms with Crippen molar-refractivity contribution in [3.05, 3.63) is 48.0 Å². The van der Waals surface area contributed by atoms with Crippen LogP contribution in [0.5, 0.6) is 0 Å². The first-order valence-corrected chi connectivity index (χ1v) is 9.72. The van der Waals surface area contributed by atoms with E-state index < -0.39 is 30.1 Å². The molecule has 2 rings (SSSR count). The van der Waals surface area contributed by atoms with Crippen LogP contribution in [0.15, 0.2) is 42.5 Å². The zero-order valence-electron chi connectivity index (χ0n) is 17.5. The molecule has 2 aromatic rings. The number of rotatable bonds is 7. The van der Waals surface area contributed by atoms with E-state index in [1.54, 1.807) is 13.8 Å². The number of hydrogen-bond acceptors (Lipinski definition) is 5. The number of urea groups is 1. The first-order valence-electron chi connectivity index (χ1n) is 9.72. The molecule has 2 atom stereocenters. The third kappa shape index (κ3) is 6.04. The Kier molecular flexibility index (Phi) is 7.91. The second kappa shape index (κ2) is 10.4. The van der Waals surface area contributed by atoms with Gasteiger partial charge in [0.2, 0.25) is 5.91 Å². The molecule has 0 radical (unpaired) electrons. The third-order valence-corrected chi connectivity index (χ3v) is 4.59. The topological polar surface area (TPSA) is 114 Å². The van der Waals surface area contributed by atoms with Crippen LogP contribution in [0.3, 0.4) is 0 Å². The monoisotopic (exact) mass is 413 g/mol. The summed E-state index contributed by atoms with van der Waals surface area (Å²) in [4.78, 5) is 48.3. The Morgan fingerprint density at radius 2 is 1.63 bits per heavy atom. The molecule has 0 saturated carbocycles. The number of ether oxygens (including phenoxy) is 1. The summed E-state index contributed by atoms with van der Waals surface area (Å²) in [6.07, 6.45) is -1.09. The molecule has 0 aliphatic heterocycles. The normalized spacial score (nSPS) is 12.7. The van der Waals surface area contributed by atoms with Crippen LogP contribution in [-0.2, 0) is 25.5 Å². The lowest BCUT2D eigenvalue weighted by Crippen LogP contribution is -2.49. The van der Waals surface area contributed by atoms with Crippen LogP contribution in [0.25, 0.3) is 10.8 Å². The lowest BCUT2D eigenvalue weighted by Gasteiger charge is -2.23. The van der Waals surface area contributed by atoms with Gasteiger partial charge >= 0.3 is 12.0 Å². The van der Waals surface area contributed by atoms with Gasteiger partial charge in [-0.15, -0.1) is 0 Å². The molecule has 8 nitrogen and oxygen atoms in total. The molecular formula is C22H27N3O5. The zero-order valence-corrected chi connectivity index (χ0v) is 17.5. The number of carbonyl (C=O) groups is 4. The number of carbonyl (C=O) groups excluding carboxylic acids is 4. The van der Waals surface area contributed by atoms with Gasteiger partial charge in [0.15, 0.2) is 6.10 Å². The van der Waals surface area contributed by atoms with Crippen LogP contribution in [-0.4, -0.2) is 43.0 Å². The van der Waals surface area contributed by atoms with Gasteiger partial charge in [-0.3, -0.25) is 14.9 Å². The number of fused-ring (bicyclic) bond motifs is 1. The predicted molar refractivity (Wildman–Crippen MR) is 113 cm³/mol. The minimum Gasteiger partial charge on any atom is -0.451 e. The zero-order chi connectivity index (χ0) is 22.3. The number of imide groups is 1. The molecule has 160 valence electrons. The fourth-order valence-electron chi connectivity index (χ4n) is 2.92. The summed E-state index contributed by atoms with van der Waals surface area (Å²) in [5.74, 6) is -2.09. The molecule has 0 bridgehead atoms. The molecule has 0 spiro atoms. The van der Waals surface area contributed by atoms with Gasteiger partial charge in [0.05, 0.1) is 6.42 Å².